The molecule has 2 rings (SSSR count). The summed E-state index contributed by atoms with van der Waals surface area (Å²) in [4.78, 5) is 9.19. The van der Waals surface area contributed by atoms with Gasteiger partial charge in [-0.2, -0.15) is 0 Å². The second kappa shape index (κ2) is 6.51. The molecule has 3 nitrogen and oxygen atoms in total. The molecule has 0 saturated heterocycles. The van der Waals surface area contributed by atoms with Crippen molar-refractivity contribution >= 4 is 17.4 Å². The second-order valence-corrected chi connectivity index (χ2v) is 7.70. The largest absolute Gasteiger partial charge is 0.367 e. The molecule has 2 unspecified atom stereocenters. The van der Waals surface area contributed by atoms with Crippen molar-refractivity contribution in [3.63, 3.8) is 0 Å². The summed E-state index contributed by atoms with van der Waals surface area (Å²) >= 11 is 6.31. The second-order valence-electron chi connectivity index (χ2n) is 7.34. The van der Waals surface area contributed by atoms with E-state index in [4.69, 9.17) is 16.6 Å². The van der Waals surface area contributed by atoms with Gasteiger partial charge in [-0.3, -0.25) is 0 Å². The third-order valence-electron chi connectivity index (χ3n) is 4.46. The molecule has 1 saturated carbocycles. The Hall–Kier alpha value is -0.830. The molecule has 1 aromatic heterocycles. The summed E-state index contributed by atoms with van der Waals surface area (Å²) in [6, 6.07) is 0.515. The number of aromatic nitrogens is 2. The van der Waals surface area contributed by atoms with Crippen molar-refractivity contribution in [1.29, 1.82) is 0 Å². The monoisotopic (exact) mass is 309 g/mol. The minimum absolute atomic E-state index is 0.0910. The number of hydrogen-bond donors (Lipinski definition) is 1. The standard InChI is InChI=1S/C17H28ClN3/c1-6-12-8-7-9-13(10-12)19-15-11(2)14(18)20-16(21-15)17(3,4)5/h12-13H,6-10H2,1-5H3,(H,19,20,21). The Morgan fingerprint density at radius 2 is 1.95 bits per heavy atom. The molecule has 1 N–H and O–H groups in total. The lowest BCUT2D eigenvalue weighted by Crippen LogP contribution is -2.28. The van der Waals surface area contributed by atoms with Gasteiger partial charge in [0.1, 0.15) is 16.8 Å². The molecule has 0 spiro atoms. The maximum atomic E-state index is 6.31. The molecule has 1 fully saturated rings. The first-order valence-corrected chi connectivity index (χ1v) is 8.50. The molecular weight excluding hydrogens is 282 g/mol. The molecule has 0 amide bonds. The first kappa shape index (κ1) is 16.5. The van der Waals surface area contributed by atoms with Crippen molar-refractivity contribution in [2.45, 2.75) is 78.2 Å². The topological polar surface area (TPSA) is 37.8 Å². The van der Waals surface area contributed by atoms with Crippen LogP contribution in [0.15, 0.2) is 0 Å². The predicted octanol–water partition coefficient (Wildman–Crippen LogP) is 5.12. The van der Waals surface area contributed by atoms with Crippen LogP contribution in [0.1, 0.15) is 71.2 Å². The minimum Gasteiger partial charge on any atom is -0.367 e. The van der Waals surface area contributed by atoms with Crippen LogP contribution in [0, 0.1) is 12.8 Å². The van der Waals surface area contributed by atoms with Crippen molar-refractivity contribution in [3.05, 3.63) is 16.5 Å². The molecule has 1 aliphatic rings. The van der Waals surface area contributed by atoms with Gasteiger partial charge in [0.05, 0.1) is 0 Å². The summed E-state index contributed by atoms with van der Waals surface area (Å²) in [6.07, 6.45) is 6.41. The Kier molecular flexibility index (Phi) is 5.13. The highest BCUT2D eigenvalue weighted by molar-refractivity contribution is 6.30. The van der Waals surface area contributed by atoms with Gasteiger partial charge in [0.15, 0.2) is 0 Å². The van der Waals surface area contributed by atoms with E-state index in [9.17, 15) is 0 Å². The smallest absolute Gasteiger partial charge is 0.137 e. The summed E-state index contributed by atoms with van der Waals surface area (Å²) < 4.78 is 0. The zero-order valence-electron chi connectivity index (χ0n) is 14.0. The Bertz CT molecular complexity index is 494. The predicted molar refractivity (Wildman–Crippen MR) is 90.1 cm³/mol. The normalized spacial score (nSPS) is 23.1. The molecule has 1 aliphatic carbocycles. The summed E-state index contributed by atoms with van der Waals surface area (Å²) in [5.74, 6) is 2.57. The third kappa shape index (κ3) is 4.09. The van der Waals surface area contributed by atoms with Crippen molar-refractivity contribution in [2.75, 3.05) is 5.32 Å². The molecule has 0 bridgehead atoms. The van der Waals surface area contributed by atoms with Gasteiger partial charge in [0.2, 0.25) is 0 Å². The fourth-order valence-corrected chi connectivity index (χ4v) is 3.12. The molecule has 0 radical (unpaired) electrons. The summed E-state index contributed by atoms with van der Waals surface area (Å²) in [5, 5.41) is 4.20. The van der Waals surface area contributed by atoms with E-state index in [2.05, 4.69) is 38.0 Å². The van der Waals surface area contributed by atoms with E-state index in [0.717, 1.165) is 23.1 Å². The summed E-state index contributed by atoms with van der Waals surface area (Å²) in [5.41, 5.74) is 0.870. The van der Waals surface area contributed by atoms with Gasteiger partial charge in [-0.05, 0) is 25.7 Å². The van der Waals surface area contributed by atoms with E-state index in [1.54, 1.807) is 0 Å². The van der Waals surface area contributed by atoms with Gasteiger partial charge in [0, 0.05) is 17.0 Å². The minimum atomic E-state index is -0.0910. The van der Waals surface area contributed by atoms with Crippen LogP contribution >= 0.6 is 11.6 Å². The van der Waals surface area contributed by atoms with E-state index in [-0.39, 0.29) is 5.41 Å². The highest BCUT2D eigenvalue weighted by atomic mass is 35.5. The maximum Gasteiger partial charge on any atom is 0.137 e. The van der Waals surface area contributed by atoms with Gasteiger partial charge >= 0.3 is 0 Å². The first-order valence-electron chi connectivity index (χ1n) is 8.12. The van der Waals surface area contributed by atoms with Crippen molar-refractivity contribution in [2.24, 2.45) is 5.92 Å². The molecule has 0 aliphatic heterocycles. The fraction of sp³-hybridized carbons (Fsp3) is 0.765. The van der Waals surface area contributed by atoms with Crippen LogP contribution in [0.25, 0.3) is 0 Å². The highest BCUT2D eigenvalue weighted by Crippen LogP contribution is 2.31. The molecule has 2 atom stereocenters. The van der Waals surface area contributed by atoms with Gasteiger partial charge in [-0.25, -0.2) is 9.97 Å². The third-order valence-corrected chi connectivity index (χ3v) is 4.83. The molecule has 4 heteroatoms. The molecule has 1 heterocycles. The zero-order chi connectivity index (χ0) is 15.6. The van der Waals surface area contributed by atoms with Crippen LogP contribution < -0.4 is 5.32 Å². The fourth-order valence-electron chi connectivity index (χ4n) is 2.95. The average Bonchev–Trinajstić information content (AvgIpc) is 2.42. The zero-order valence-corrected chi connectivity index (χ0v) is 14.7. The number of nitrogens with one attached hydrogen (secondary N) is 1. The Balaban J connectivity index is 2.21. The van der Waals surface area contributed by atoms with Crippen LogP contribution in [0.4, 0.5) is 5.82 Å². The number of hydrogen-bond acceptors (Lipinski definition) is 3. The van der Waals surface area contributed by atoms with Gasteiger partial charge in [-0.1, -0.05) is 58.6 Å². The van der Waals surface area contributed by atoms with Gasteiger partial charge in [0.25, 0.3) is 0 Å². The Labute approximate surface area is 133 Å². The highest BCUT2D eigenvalue weighted by Gasteiger charge is 2.24. The van der Waals surface area contributed by atoms with E-state index < -0.39 is 0 Å². The molecular formula is C17H28ClN3. The van der Waals surface area contributed by atoms with Gasteiger partial charge < -0.3 is 5.32 Å². The van der Waals surface area contributed by atoms with Crippen molar-refractivity contribution in [3.8, 4) is 0 Å². The first-order chi connectivity index (χ1) is 9.81. The quantitative estimate of drug-likeness (QED) is 0.788. The van der Waals surface area contributed by atoms with E-state index in [1.165, 1.54) is 32.1 Å². The lowest BCUT2D eigenvalue weighted by molar-refractivity contribution is 0.327. The average molecular weight is 310 g/mol. The van der Waals surface area contributed by atoms with Crippen LogP contribution in [-0.2, 0) is 5.41 Å². The SMILES string of the molecule is CCC1CCCC(Nc2nc(C(C)(C)C)nc(Cl)c2C)C1. The molecule has 118 valence electrons. The maximum absolute atomic E-state index is 6.31. The number of halogens is 1. The van der Waals surface area contributed by atoms with E-state index >= 15 is 0 Å². The Morgan fingerprint density at radius 1 is 1.24 bits per heavy atom. The number of rotatable bonds is 3. The molecule has 1 aromatic rings. The lowest BCUT2D eigenvalue weighted by Gasteiger charge is -2.30. The molecule has 0 aromatic carbocycles. The molecule has 21 heavy (non-hydrogen) atoms. The van der Waals surface area contributed by atoms with Crippen molar-refractivity contribution < 1.29 is 0 Å². The summed E-state index contributed by atoms with van der Waals surface area (Å²) in [7, 11) is 0. The lowest BCUT2D eigenvalue weighted by atomic mass is 9.84. The summed E-state index contributed by atoms with van der Waals surface area (Å²) in [6.45, 7) is 10.6. The van der Waals surface area contributed by atoms with Crippen LogP contribution in [-0.4, -0.2) is 16.0 Å². The number of nitrogens with zero attached hydrogens (tertiary/aromatic N) is 2. The number of anilines is 1. The van der Waals surface area contributed by atoms with Crippen LogP contribution in [0.3, 0.4) is 0 Å². The van der Waals surface area contributed by atoms with Gasteiger partial charge in [-0.15, -0.1) is 0 Å². The van der Waals surface area contributed by atoms with E-state index in [0.29, 0.717) is 11.2 Å². The Morgan fingerprint density at radius 3 is 2.57 bits per heavy atom. The van der Waals surface area contributed by atoms with E-state index in [1.807, 2.05) is 6.92 Å². The van der Waals surface area contributed by atoms with Crippen LogP contribution in [0.5, 0.6) is 0 Å². The van der Waals surface area contributed by atoms with Crippen LogP contribution in [0.2, 0.25) is 5.15 Å². The van der Waals surface area contributed by atoms with Crippen molar-refractivity contribution in [1.82, 2.24) is 9.97 Å².